The maximum atomic E-state index is 4.70. The van der Waals surface area contributed by atoms with E-state index >= 15 is 0 Å². The van der Waals surface area contributed by atoms with Crippen molar-refractivity contribution in [2.45, 2.75) is 13.0 Å². The average Bonchev–Trinajstić information content (AvgIpc) is 2.30. The molecule has 0 saturated heterocycles. The molecular formula is C14H15BrN2. The van der Waals surface area contributed by atoms with Gasteiger partial charge in [0.15, 0.2) is 0 Å². The van der Waals surface area contributed by atoms with Crippen LogP contribution in [0.3, 0.4) is 0 Å². The molecule has 0 saturated carbocycles. The Bertz CT molecular complexity index is 563. The van der Waals surface area contributed by atoms with Gasteiger partial charge in [-0.15, -0.1) is 0 Å². The lowest BCUT2D eigenvalue weighted by atomic mass is 10.1. The summed E-state index contributed by atoms with van der Waals surface area (Å²) in [6, 6.07) is 10.3. The Balaban J connectivity index is 2.61. The number of nitrogens with zero attached hydrogens (tertiary/aromatic N) is 1. The van der Waals surface area contributed by atoms with Gasteiger partial charge in [0.25, 0.3) is 0 Å². The Hall–Kier alpha value is -1.19. The largest absolute Gasteiger partial charge is 0.308 e. The van der Waals surface area contributed by atoms with Crippen molar-refractivity contribution in [3.63, 3.8) is 0 Å². The second-order valence-corrected chi connectivity index (χ2v) is 4.97. The zero-order valence-electron chi connectivity index (χ0n) is 10.00. The van der Waals surface area contributed by atoms with E-state index in [1.165, 1.54) is 0 Å². The minimum atomic E-state index is 0.0778. The fourth-order valence-electron chi connectivity index (χ4n) is 1.92. The molecular weight excluding hydrogens is 276 g/mol. The predicted molar refractivity (Wildman–Crippen MR) is 76.1 cm³/mol. The highest BCUT2D eigenvalue weighted by molar-refractivity contribution is 9.10. The van der Waals surface area contributed by atoms with Gasteiger partial charge in [-0.25, -0.2) is 4.98 Å². The summed E-state index contributed by atoms with van der Waals surface area (Å²) in [5.74, 6) is 0. The predicted octanol–water partition coefficient (Wildman–Crippen LogP) is 3.83. The first-order chi connectivity index (χ1) is 8.13. The third-order valence-corrected chi connectivity index (χ3v) is 3.39. The van der Waals surface area contributed by atoms with Crippen LogP contribution < -0.4 is 5.32 Å². The monoisotopic (exact) mass is 290 g/mol. The third kappa shape index (κ3) is 2.40. The van der Waals surface area contributed by atoms with E-state index in [0.29, 0.717) is 0 Å². The molecule has 0 fully saturated rings. The number of nitrogens with one attached hydrogen (secondary N) is 1. The maximum absolute atomic E-state index is 4.70. The molecule has 1 aromatic carbocycles. The van der Waals surface area contributed by atoms with E-state index in [0.717, 1.165) is 26.6 Å². The molecule has 1 atom stereocenters. The molecule has 0 aliphatic rings. The van der Waals surface area contributed by atoms with Crippen LogP contribution >= 0.6 is 15.9 Å². The standard InChI is InChI=1S/C14H15BrN2/c1-9(2)13(16-3)14-11(15)8-10-6-4-5-7-12(10)17-14/h4-8,13,16H,1H2,2-3H3. The van der Waals surface area contributed by atoms with Crippen molar-refractivity contribution in [1.29, 1.82) is 0 Å². The highest BCUT2D eigenvalue weighted by Gasteiger charge is 2.15. The van der Waals surface area contributed by atoms with Gasteiger partial charge < -0.3 is 5.32 Å². The molecule has 3 heteroatoms. The highest BCUT2D eigenvalue weighted by Crippen LogP contribution is 2.28. The maximum Gasteiger partial charge on any atom is 0.0764 e. The van der Waals surface area contributed by atoms with Gasteiger partial charge >= 0.3 is 0 Å². The first-order valence-corrected chi connectivity index (χ1v) is 6.30. The van der Waals surface area contributed by atoms with Crippen LogP contribution in [-0.2, 0) is 0 Å². The summed E-state index contributed by atoms with van der Waals surface area (Å²) in [5.41, 5.74) is 3.04. The molecule has 0 bridgehead atoms. The summed E-state index contributed by atoms with van der Waals surface area (Å²) in [6.45, 7) is 6.00. The number of aromatic nitrogens is 1. The SMILES string of the molecule is C=C(C)C(NC)c1nc2ccccc2cc1Br. The summed E-state index contributed by atoms with van der Waals surface area (Å²) in [5, 5.41) is 4.37. The summed E-state index contributed by atoms with van der Waals surface area (Å²) >= 11 is 3.58. The molecule has 1 heterocycles. The Kier molecular flexibility index (Phi) is 3.60. The van der Waals surface area contributed by atoms with Gasteiger partial charge in [0.05, 0.1) is 17.3 Å². The first kappa shape index (κ1) is 12.3. The smallest absolute Gasteiger partial charge is 0.0764 e. The van der Waals surface area contributed by atoms with E-state index in [4.69, 9.17) is 4.98 Å². The van der Waals surface area contributed by atoms with Gasteiger partial charge in [0.1, 0.15) is 0 Å². The van der Waals surface area contributed by atoms with Crippen LogP contribution in [0.4, 0.5) is 0 Å². The minimum absolute atomic E-state index is 0.0778. The second kappa shape index (κ2) is 4.98. The van der Waals surface area contributed by atoms with Gasteiger partial charge in [-0.1, -0.05) is 30.4 Å². The summed E-state index contributed by atoms with van der Waals surface area (Å²) in [6.07, 6.45) is 0. The Morgan fingerprint density at radius 2 is 2.12 bits per heavy atom. The van der Waals surface area contributed by atoms with E-state index in [9.17, 15) is 0 Å². The molecule has 1 N–H and O–H groups in total. The van der Waals surface area contributed by atoms with Crippen LogP contribution in [0.25, 0.3) is 10.9 Å². The highest BCUT2D eigenvalue weighted by atomic mass is 79.9. The average molecular weight is 291 g/mol. The molecule has 2 nitrogen and oxygen atoms in total. The molecule has 1 unspecified atom stereocenters. The van der Waals surface area contributed by atoms with Crippen molar-refractivity contribution in [2.75, 3.05) is 7.05 Å². The van der Waals surface area contributed by atoms with Crippen molar-refractivity contribution < 1.29 is 0 Å². The van der Waals surface area contributed by atoms with Crippen molar-refractivity contribution in [3.8, 4) is 0 Å². The number of para-hydroxylation sites is 1. The molecule has 0 radical (unpaired) electrons. The molecule has 0 aliphatic heterocycles. The molecule has 2 rings (SSSR count). The number of likely N-dealkylation sites (N-methyl/N-ethyl adjacent to an activating group) is 1. The molecule has 17 heavy (non-hydrogen) atoms. The van der Waals surface area contributed by atoms with E-state index in [-0.39, 0.29) is 6.04 Å². The van der Waals surface area contributed by atoms with Crippen LogP contribution in [-0.4, -0.2) is 12.0 Å². The molecule has 0 spiro atoms. The molecule has 1 aromatic heterocycles. The van der Waals surface area contributed by atoms with Gasteiger partial charge in [-0.3, -0.25) is 0 Å². The van der Waals surface area contributed by atoms with Crippen LogP contribution in [0.15, 0.2) is 47.0 Å². The Morgan fingerprint density at radius 1 is 1.41 bits per heavy atom. The second-order valence-electron chi connectivity index (χ2n) is 4.12. The zero-order valence-corrected chi connectivity index (χ0v) is 11.6. The molecule has 2 aromatic rings. The number of halogens is 1. The van der Waals surface area contributed by atoms with E-state index < -0.39 is 0 Å². The summed E-state index contributed by atoms with van der Waals surface area (Å²) < 4.78 is 1.01. The van der Waals surface area contributed by atoms with Gasteiger partial charge in [0, 0.05) is 9.86 Å². The summed E-state index contributed by atoms with van der Waals surface area (Å²) in [4.78, 5) is 4.70. The van der Waals surface area contributed by atoms with Crippen LogP contribution in [0.5, 0.6) is 0 Å². The van der Waals surface area contributed by atoms with Gasteiger partial charge in [0.2, 0.25) is 0 Å². The number of hydrogen-bond donors (Lipinski definition) is 1. The number of fused-ring (bicyclic) bond motifs is 1. The van der Waals surface area contributed by atoms with Crippen molar-refractivity contribution in [1.82, 2.24) is 10.3 Å². The van der Waals surface area contributed by atoms with Gasteiger partial charge in [-0.05, 0) is 42.0 Å². The normalized spacial score (nSPS) is 12.6. The Labute approximate surface area is 110 Å². The summed E-state index contributed by atoms with van der Waals surface area (Å²) in [7, 11) is 1.92. The molecule has 0 aliphatic carbocycles. The first-order valence-electron chi connectivity index (χ1n) is 5.51. The van der Waals surface area contributed by atoms with Crippen LogP contribution in [0.1, 0.15) is 18.7 Å². The van der Waals surface area contributed by atoms with E-state index in [2.05, 4.69) is 40.0 Å². The quantitative estimate of drug-likeness (QED) is 0.869. The number of benzene rings is 1. The van der Waals surface area contributed by atoms with E-state index in [1.807, 2.05) is 32.2 Å². The minimum Gasteiger partial charge on any atom is -0.308 e. The molecule has 0 amide bonds. The lowest BCUT2D eigenvalue weighted by Gasteiger charge is -2.17. The number of hydrogen-bond acceptors (Lipinski definition) is 2. The lowest BCUT2D eigenvalue weighted by Crippen LogP contribution is -2.18. The molecule has 88 valence electrons. The number of rotatable bonds is 3. The Morgan fingerprint density at radius 3 is 2.76 bits per heavy atom. The zero-order chi connectivity index (χ0) is 12.4. The van der Waals surface area contributed by atoms with Crippen molar-refractivity contribution >= 4 is 26.8 Å². The van der Waals surface area contributed by atoms with Crippen LogP contribution in [0.2, 0.25) is 0 Å². The van der Waals surface area contributed by atoms with E-state index in [1.54, 1.807) is 0 Å². The lowest BCUT2D eigenvalue weighted by molar-refractivity contribution is 0.659. The van der Waals surface area contributed by atoms with Crippen LogP contribution in [0, 0.1) is 0 Å². The fourth-order valence-corrected chi connectivity index (χ4v) is 2.49. The topological polar surface area (TPSA) is 24.9 Å². The van der Waals surface area contributed by atoms with Crippen molar-refractivity contribution in [3.05, 3.63) is 52.7 Å². The third-order valence-electron chi connectivity index (χ3n) is 2.76. The fraction of sp³-hybridized carbons (Fsp3) is 0.214. The van der Waals surface area contributed by atoms with Crippen molar-refractivity contribution in [2.24, 2.45) is 0 Å². The van der Waals surface area contributed by atoms with Gasteiger partial charge in [-0.2, -0.15) is 0 Å². The number of pyridine rings is 1.